The number of methoxy groups -OCH3 is 1. The van der Waals surface area contributed by atoms with Crippen molar-refractivity contribution in [1.29, 1.82) is 0 Å². The average Bonchev–Trinajstić information content (AvgIpc) is 3.15. The Hall–Kier alpha value is -1.89. The van der Waals surface area contributed by atoms with Crippen LogP contribution in [0.4, 0.5) is 0 Å². The Kier molecular flexibility index (Phi) is 8.45. The van der Waals surface area contributed by atoms with Crippen LogP contribution in [0.25, 0.3) is 0 Å². The monoisotopic (exact) mass is 363 g/mol. The number of amides is 1. The normalized spacial score (nSPS) is 10.6. The highest BCUT2D eigenvalue weighted by molar-refractivity contribution is 7.09. The minimum absolute atomic E-state index is 0.0271. The first kappa shape index (κ1) is 19.4. The maximum absolute atomic E-state index is 12.9. The number of thiophene rings is 1. The summed E-state index contributed by atoms with van der Waals surface area (Å²) in [6, 6.07) is 11.3. The molecule has 0 saturated heterocycles. The molecule has 1 amide bonds. The summed E-state index contributed by atoms with van der Waals surface area (Å²) in [6.45, 7) is 5.24. The number of nitrogens with zero attached hydrogens (tertiary/aromatic N) is 1. The van der Waals surface area contributed by atoms with Crippen LogP contribution in [0.2, 0.25) is 0 Å². The second-order valence-electron chi connectivity index (χ2n) is 5.37. The fourth-order valence-electron chi connectivity index (χ4n) is 2.31. The lowest BCUT2D eigenvalue weighted by Gasteiger charge is -2.22. The fourth-order valence-corrected chi connectivity index (χ4v) is 3.03. The van der Waals surface area contributed by atoms with Gasteiger partial charge >= 0.3 is 0 Å². The van der Waals surface area contributed by atoms with Crippen molar-refractivity contribution in [2.75, 3.05) is 40.1 Å². The molecule has 1 aromatic carbocycles. The predicted octanol–water partition coefficient (Wildman–Crippen LogP) is 3.45. The van der Waals surface area contributed by atoms with E-state index in [0.717, 1.165) is 4.88 Å². The zero-order chi connectivity index (χ0) is 17.9. The van der Waals surface area contributed by atoms with E-state index in [4.69, 9.17) is 14.2 Å². The van der Waals surface area contributed by atoms with Crippen LogP contribution in [0.3, 0.4) is 0 Å². The van der Waals surface area contributed by atoms with E-state index in [1.807, 2.05) is 42.6 Å². The number of carbonyl (C=O) groups is 1. The molecule has 0 spiro atoms. The van der Waals surface area contributed by atoms with Gasteiger partial charge < -0.3 is 19.1 Å². The van der Waals surface area contributed by atoms with Crippen LogP contribution in [-0.4, -0.2) is 50.9 Å². The van der Waals surface area contributed by atoms with Crippen LogP contribution in [0.5, 0.6) is 5.75 Å². The molecule has 0 N–H and O–H groups in total. The van der Waals surface area contributed by atoms with E-state index in [9.17, 15) is 4.79 Å². The van der Waals surface area contributed by atoms with Gasteiger partial charge in [-0.1, -0.05) is 12.1 Å². The van der Waals surface area contributed by atoms with Crippen LogP contribution >= 0.6 is 11.3 Å². The fraction of sp³-hybridized carbons (Fsp3) is 0.421. The van der Waals surface area contributed by atoms with Gasteiger partial charge in [0.05, 0.1) is 19.8 Å². The number of hydrogen-bond donors (Lipinski definition) is 0. The quantitative estimate of drug-likeness (QED) is 0.574. The number of carbonyl (C=O) groups excluding carboxylic acids is 1. The highest BCUT2D eigenvalue weighted by atomic mass is 32.1. The van der Waals surface area contributed by atoms with Gasteiger partial charge in [0.15, 0.2) is 0 Å². The Morgan fingerprint density at radius 3 is 2.76 bits per heavy atom. The largest absolute Gasteiger partial charge is 0.491 e. The van der Waals surface area contributed by atoms with Crippen LogP contribution in [0.1, 0.15) is 22.2 Å². The molecule has 0 aliphatic carbocycles. The van der Waals surface area contributed by atoms with E-state index in [2.05, 4.69) is 0 Å². The zero-order valence-corrected chi connectivity index (χ0v) is 15.6. The van der Waals surface area contributed by atoms with Gasteiger partial charge in [0.1, 0.15) is 12.4 Å². The van der Waals surface area contributed by atoms with Gasteiger partial charge in [-0.15, -0.1) is 11.3 Å². The van der Waals surface area contributed by atoms with Gasteiger partial charge in [0.2, 0.25) is 0 Å². The van der Waals surface area contributed by atoms with Crippen LogP contribution in [0, 0.1) is 0 Å². The predicted molar refractivity (Wildman–Crippen MR) is 99.4 cm³/mol. The van der Waals surface area contributed by atoms with E-state index in [-0.39, 0.29) is 5.91 Å². The summed E-state index contributed by atoms with van der Waals surface area (Å²) in [5.41, 5.74) is 0.613. The minimum atomic E-state index is -0.0271. The van der Waals surface area contributed by atoms with Crippen molar-refractivity contribution < 1.29 is 19.0 Å². The van der Waals surface area contributed by atoms with Crippen molar-refractivity contribution >= 4 is 17.2 Å². The van der Waals surface area contributed by atoms with Crippen LogP contribution in [0.15, 0.2) is 41.8 Å². The SMILES string of the molecule is CCOCCOc1cccc(C(=O)N(CCOC)Cc2cccs2)c1. The van der Waals surface area contributed by atoms with Crippen molar-refractivity contribution in [3.05, 3.63) is 52.2 Å². The minimum Gasteiger partial charge on any atom is -0.491 e. The van der Waals surface area contributed by atoms with Crippen molar-refractivity contribution in [2.45, 2.75) is 13.5 Å². The van der Waals surface area contributed by atoms with Crippen molar-refractivity contribution in [3.8, 4) is 5.75 Å². The molecule has 6 heteroatoms. The van der Waals surface area contributed by atoms with Gasteiger partial charge in [-0.05, 0) is 36.6 Å². The second-order valence-corrected chi connectivity index (χ2v) is 6.40. The molecule has 1 heterocycles. The van der Waals surface area contributed by atoms with E-state index >= 15 is 0 Å². The van der Waals surface area contributed by atoms with Gasteiger partial charge in [-0.25, -0.2) is 0 Å². The average molecular weight is 363 g/mol. The van der Waals surface area contributed by atoms with Crippen LogP contribution in [-0.2, 0) is 16.0 Å². The second kappa shape index (κ2) is 10.9. The standard InChI is InChI=1S/C19H25NO4S/c1-3-23-11-12-24-17-7-4-6-16(14-17)19(21)20(9-10-22-2)15-18-8-5-13-25-18/h4-8,13-14H,3,9-12,15H2,1-2H3. The van der Waals surface area contributed by atoms with E-state index in [1.165, 1.54) is 0 Å². The molecule has 0 unspecified atom stereocenters. The third-order valence-electron chi connectivity index (χ3n) is 3.56. The Morgan fingerprint density at radius 2 is 2.04 bits per heavy atom. The Balaban J connectivity index is 2.03. The molecule has 0 fully saturated rings. The third kappa shape index (κ3) is 6.49. The van der Waals surface area contributed by atoms with Crippen molar-refractivity contribution in [3.63, 3.8) is 0 Å². The molecule has 0 bridgehead atoms. The number of rotatable bonds is 11. The Labute approximate surface area is 153 Å². The molecule has 2 rings (SSSR count). The van der Waals surface area contributed by atoms with Gasteiger partial charge in [-0.2, -0.15) is 0 Å². The maximum Gasteiger partial charge on any atom is 0.254 e. The number of ether oxygens (including phenoxy) is 3. The summed E-state index contributed by atoms with van der Waals surface area (Å²) in [7, 11) is 1.64. The van der Waals surface area contributed by atoms with Crippen molar-refractivity contribution in [2.24, 2.45) is 0 Å². The first-order valence-corrected chi connectivity index (χ1v) is 9.23. The van der Waals surface area contributed by atoms with E-state index in [0.29, 0.717) is 50.8 Å². The molecule has 5 nitrogen and oxygen atoms in total. The summed E-state index contributed by atoms with van der Waals surface area (Å²) in [4.78, 5) is 15.8. The number of hydrogen-bond acceptors (Lipinski definition) is 5. The number of benzene rings is 1. The van der Waals surface area contributed by atoms with E-state index < -0.39 is 0 Å². The molecule has 0 radical (unpaired) electrons. The summed E-state index contributed by atoms with van der Waals surface area (Å²) in [6.07, 6.45) is 0. The summed E-state index contributed by atoms with van der Waals surface area (Å²) in [5, 5.41) is 2.02. The third-order valence-corrected chi connectivity index (χ3v) is 4.42. The Morgan fingerprint density at radius 1 is 1.16 bits per heavy atom. The van der Waals surface area contributed by atoms with Gasteiger partial charge in [0, 0.05) is 30.7 Å². The highest BCUT2D eigenvalue weighted by Gasteiger charge is 2.17. The molecule has 0 saturated carbocycles. The summed E-state index contributed by atoms with van der Waals surface area (Å²) in [5.74, 6) is 0.647. The molecular formula is C19H25NO4S. The lowest BCUT2D eigenvalue weighted by molar-refractivity contribution is 0.0681. The van der Waals surface area contributed by atoms with Crippen molar-refractivity contribution in [1.82, 2.24) is 4.90 Å². The molecule has 25 heavy (non-hydrogen) atoms. The smallest absolute Gasteiger partial charge is 0.254 e. The molecule has 0 aliphatic rings. The van der Waals surface area contributed by atoms with Gasteiger partial charge in [-0.3, -0.25) is 4.79 Å². The lowest BCUT2D eigenvalue weighted by atomic mass is 10.2. The molecule has 2 aromatic rings. The van der Waals surface area contributed by atoms with Crippen LogP contribution < -0.4 is 4.74 Å². The molecule has 136 valence electrons. The molecule has 1 aromatic heterocycles. The van der Waals surface area contributed by atoms with E-state index in [1.54, 1.807) is 29.4 Å². The topological polar surface area (TPSA) is 48.0 Å². The first-order chi connectivity index (χ1) is 12.2. The highest BCUT2D eigenvalue weighted by Crippen LogP contribution is 2.18. The zero-order valence-electron chi connectivity index (χ0n) is 14.8. The molecule has 0 atom stereocenters. The molecular weight excluding hydrogens is 338 g/mol. The summed E-state index contributed by atoms with van der Waals surface area (Å²) >= 11 is 1.64. The molecule has 0 aliphatic heterocycles. The Bertz CT molecular complexity index is 630. The maximum atomic E-state index is 12.9. The summed E-state index contributed by atoms with van der Waals surface area (Å²) < 4.78 is 16.1. The lowest BCUT2D eigenvalue weighted by Crippen LogP contribution is -2.33. The first-order valence-electron chi connectivity index (χ1n) is 8.35. The van der Waals surface area contributed by atoms with Gasteiger partial charge in [0.25, 0.3) is 5.91 Å².